The fraction of sp³-hybridized carbons (Fsp3) is 0.600. The Kier molecular flexibility index (Phi) is 9.24. The van der Waals surface area contributed by atoms with Gasteiger partial charge in [-0.25, -0.2) is 15.0 Å². The Morgan fingerprint density at radius 1 is 1.08 bits per heavy atom. The standard InChI is InChI=1S/C20H30N5S/c1-3-5-6-7-8-11-25(12-10-18-15-26-16-24-18)20-22-13-17(14-23-20)19(21)9-4-2/h13-15,21H,3-12H2,1-2H3. The van der Waals surface area contributed by atoms with Gasteiger partial charge >= 0.3 is 0 Å². The van der Waals surface area contributed by atoms with Gasteiger partial charge in [-0.2, -0.15) is 0 Å². The second kappa shape index (κ2) is 11.7. The van der Waals surface area contributed by atoms with Crippen molar-refractivity contribution in [1.29, 1.82) is 5.41 Å². The van der Waals surface area contributed by atoms with Crippen LogP contribution in [0.1, 0.15) is 70.1 Å². The van der Waals surface area contributed by atoms with Gasteiger partial charge in [0.2, 0.25) is 5.95 Å². The molecule has 141 valence electrons. The van der Waals surface area contributed by atoms with Gasteiger partial charge in [0.25, 0.3) is 0 Å². The van der Waals surface area contributed by atoms with E-state index in [9.17, 15) is 0 Å². The Balaban J connectivity index is 1.97. The van der Waals surface area contributed by atoms with Gasteiger partial charge in [0, 0.05) is 48.6 Å². The van der Waals surface area contributed by atoms with Crippen LogP contribution in [0.25, 0.3) is 0 Å². The minimum atomic E-state index is 0.614. The van der Waals surface area contributed by atoms with Crippen LogP contribution < -0.4 is 4.90 Å². The van der Waals surface area contributed by atoms with E-state index in [1.807, 2.05) is 0 Å². The molecular weight excluding hydrogens is 342 g/mol. The maximum atomic E-state index is 8.05. The minimum absolute atomic E-state index is 0.614. The van der Waals surface area contributed by atoms with E-state index in [1.54, 1.807) is 12.4 Å². The molecule has 0 saturated carbocycles. The third-order valence-electron chi connectivity index (χ3n) is 4.38. The lowest BCUT2D eigenvalue weighted by atomic mass is 10.1. The van der Waals surface area contributed by atoms with Crippen molar-refractivity contribution in [3.8, 4) is 0 Å². The summed E-state index contributed by atoms with van der Waals surface area (Å²) in [5, 5.41) is 10.1. The summed E-state index contributed by atoms with van der Waals surface area (Å²) in [5.41, 5.74) is 5.43. The van der Waals surface area contributed by atoms with Crippen LogP contribution in [0.2, 0.25) is 0 Å². The fourth-order valence-corrected chi connectivity index (χ4v) is 3.35. The molecule has 2 aromatic rings. The Morgan fingerprint density at radius 3 is 2.50 bits per heavy atom. The van der Waals surface area contributed by atoms with Crippen LogP contribution in [0.3, 0.4) is 0 Å². The molecule has 0 atom stereocenters. The average Bonchev–Trinajstić information content (AvgIpc) is 3.18. The predicted molar refractivity (Wildman–Crippen MR) is 109 cm³/mol. The number of nitrogens with one attached hydrogen (secondary N) is 1. The first-order chi connectivity index (χ1) is 12.7. The Labute approximate surface area is 161 Å². The number of unbranched alkanes of at least 4 members (excludes halogenated alkanes) is 4. The molecule has 0 saturated heterocycles. The first-order valence-electron chi connectivity index (χ1n) is 9.69. The summed E-state index contributed by atoms with van der Waals surface area (Å²) in [4.78, 5) is 15.6. The smallest absolute Gasteiger partial charge is 0.225 e. The molecule has 2 heterocycles. The van der Waals surface area contributed by atoms with E-state index < -0.39 is 0 Å². The van der Waals surface area contributed by atoms with Crippen molar-refractivity contribution in [1.82, 2.24) is 15.0 Å². The normalized spacial score (nSPS) is 10.8. The van der Waals surface area contributed by atoms with Gasteiger partial charge in [0.1, 0.15) is 0 Å². The molecule has 0 aliphatic heterocycles. The molecule has 0 bridgehead atoms. The second-order valence-electron chi connectivity index (χ2n) is 6.58. The molecule has 2 rings (SSSR count). The molecule has 0 unspecified atom stereocenters. The van der Waals surface area contributed by atoms with Gasteiger partial charge in [-0.15, -0.1) is 11.3 Å². The highest BCUT2D eigenvalue weighted by atomic mass is 32.1. The van der Waals surface area contributed by atoms with E-state index in [1.165, 1.54) is 37.0 Å². The number of nitrogens with zero attached hydrogens (tertiary/aromatic N) is 4. The summed E-state index contributed by atoms with van der Waals surface area (Å²) in [6.45, 7) is 6.14. The van der Waals surface area contributed by atoms with Gasteiger partial charge in [-0.3, -0.25) is 0 Å². The van der Waals surface area contributed by atoms with Crippen LogP contribution in [-0.4, -0.2) is 33.8 Å². The van der Waals surface area contributed by atoms with Crippen molar-refractivity contribution in [2.75, 3.05) is 18.0 Å². The monoisotopic (exact) mass is 372 g/mol. The predicted octanol–water partition coefficient (Wildman–Crippen LogP) is 4.92. The van der Waals surface area contributed by atoms with Crippen LogP contribution in [0, 0.1) is 10.9 Å². The molecule has 0 spiro atoms. The number of thiazole rings is 1. The topological polar surface area (TPSA) is 65.8 Å². The number of anilines is 1. The van der Waals surface area contributed by atoms with Gasteiger partial charge in [-0.05, 0) is 12.8 Å². The van der Waals surface area contributed by atoms with Crippen LogP contribution in [-0.2, 0) is 6.42 Å². The zero-order chi connectivity index (χ0) is 18.6. The van der Waals surface area contributed by atoms with E-state index in [4.69, 9.17) is 5.41 Å². The fourth-order valence-electron chi connectivity index (χ4n) is 2.82. The van der Waals surface area contributed by atoms with E-state index in [2.05, 4.69) is 44.6 Å². The molecule has 1 radical (unpaired) electrons. The second-order valence-corrected chi connectivity index (χ2v) is 7.24. The van der Waals surface area contributed by atoms with Crippen LogP contribution in [0.5, 0.6) is 0 Å². The molecule has 0 aliphatic rings. The van der Waals surface area contributed by atoms with E-state index in [0.717, 1.165) is 56.0 Å². The van der Waals surface area contributed by atoms with Crippen LogP contribution in [0.4, 0.5) is 5.95 Å². The summed E-state index contributed by atoms with van der Waals surface area (Å²) in [6, 6.07) is 0. The van der Waals surface area contributed by atoms with Crippen LogP contribution in [0.15, 0.2) is 17.8 Å². The van der Waals surface area contributed by atoms with E-state index >= 15 is 0 Å². The molecular formula is C20H30N5S. The summed E-state index contributed by atoms with van der Waals surface area (Å²) in [6.07, 6.45) is 12.5. The minimum Gasteiger partial charge on any atom is -0.340 e. The number of hydrogen-bond acceptors (Lipinski definition) is 6. The quantitative estimate of drug-likeness (QED) is 0.400. The summed E-state index contributed by atoms with van der Waals surface area (Å²) >= 11 is 1.51. The highest BCUT2D eigenvalue weighted by Crippen LogP contribution is 2.13. The maximum Gasteiger partial charge on any atom is 0.225 e. The van der Waals surface area contributed by atoms with Crippen molar-refractivity contribution in [2.45, 2.75) is 65.2 Å². The van der Waals surface area contributed by atoms with Crippen molar-refractivity contribution in [2.24, 2.45) is 0 Å². The lowest BCUT2D eigenvalue weighted by molar-refractivity contribution is 0.611. The molecule has 2 aromatic heterocycles. The molecule has 6 heteroatoms. The zero-order valence-corrected chi connectivity index (χ0v) is 16.8. The van der Waals surface area contributed by atoms with Gasteiger partial charge in [-0.1, -0.05) is 46.0 Å². The lowest BCUT2D eigenvalue weighted by Crippen LogP contribution is -2.29. The average molecular weight is 373 g/mol. The molecule has 0 fully saturated rings. The van der Waals surface area contributed by atoms with Crippen molar-refractivity contribution in [3.63, 3.8) is 0 Å². The Hall–Kier alpha value is -1.82. The molecule has 0 aromatic carbocycles. The summed E-state index contributed by atoms with van der Waals surface area (Å²) in [5.74, 6) is 0.757. The number of aromatic nitrogens is 3. The van der Waals surface area contributed by atoms with Gasteiger partial charge in [0.05, 0.1) is 5.69 Å². The lowest BCUT2D eigenvalue weighted by Gasteiger charge is -2.22. The highest BCUT2D eigenvalue weighted by Gasteiger charge is 2.11. The largest absolute Gasteiger partial charge is 0.340 e. The Morgan fingerprint density at radius 2 is 1.85 bits per heavy atom. The van der Waals surface area contributed by atoms with Gasteiger partial charge < -0.3 is 10.3 Å². The number of hydrogen-bond donors (Lipinski definition) is 1. The molecule has 26 heavy (non-hydrogen) atoms. The number of rotatable bonds is 13. The molecule has 1 N–H and O–H groups in total. The SMILES string of the molecule is CCCCCCCN(CCc1cs[c]n1)c1ncc(C(=N)CCC)cn1. The van der Waals surface area contributed by atoms with Crippen molar-refractivity contribution >= 4 is 23.0 Å². The first-order valence-corrected chi connectivity index (χ1v) is 10.6. The third-order valence-corrected chi connectivity index (χ3v) is 4.96. The van der Waals surface area contributed by atoms with Crippen molar-refractivity contribution in [3.05, 3.63) is 34.5 Å². The summed E-state index contributed by atoms with van der Waals surface area (Å²) < 4.78 is 0. The van der Waals surface area contributed by atoms with Crippen molar-refractivity contribution < 1.29 is 0 Å². The Bertz CT molecular complexity index is 624. The highest BCUT2D eigenvalue weighted by molar-refractivity contribution is 7.07. The van der Waals surface area contributed by atoms with Gasteiger partial charge in [0.15, 0.2) is 5.51 Å². The third kappa shape index (κ3) is 6.83. The molecule has 0 aliphatic carbocycles. The molecule has 5 nitrogen and oxygen atoms in total. The summed E-state index contributed by atoms with van der Waals surface area (Å²) in [7, 11) is 0. The maximum absolute atomic E-state index is 8.05. The van der Waals surface area contributed by atoms with E-state index in [-0.39, 0.29) is 0 Å². The zero-order valence-electron chi connectivity index (χ0n) is 16.0. The molecule has 0 amide bonds. The van der Waals surface area contributed by atoms with Crippen LogP contribution >= 0.6 is 11.3 Å². The first kappa shape index (κ1) is 20.5. The van der Waals surface area contributed by atoms with E-state index in [0.29, 0.717) is 5.71 Å².